The molecular weight excluding hydrogens is 395 g/mol. The van der Waals surface area contributed by atoms with E-state index in [0.29, 0.717) is 24.5 Å². The minimum absolute atomic E-state index is 0.0719. The molecule has 0 spiro atoms. The van der Waals surface area contributed by atoms with Gasteiger partial charge in [0.15, 0.2) is 0 Å². The minimum Gasteiger partial charge on any atom is -0.497 e. The number of carbonyl (C=O) groups excluding carboxylic acids is 1. The van der Waals surface area contributed by atoms with E-state index < -0.39 is 17.7 Å². The van der Waals surface area contributed by atoms with Gasteiger partial charge in [-0.1, -0.05) is 18.2 Å². The van der Waals surface area contributed by atoms with Crippen LogP contribution in [0.15, 0.2) is 42.5 Å². The summed E-state index contributed by atoms with van der Waals surface area (Å²) in [6.45, 7) is 0.600. The molecule has 0 aromatic heterocycles. The van der Waals surface area contributed by atoms with Crippen LogP contribution >= 0.6 is 0 Å². The van der Waals surface area contributed by atoms with Gasteiger partial charge in [0.25, 0.3) is 0 Å². The number of alkyl halides is 3. The number of carbonyl (C=O) groups is 1. The maximum absolute atomic E-state index is 13.4. The van der Waals surface area contributed by atoms with Crippen molar-refractivity contribution in [3.63, 3.8) is 0 Å². The summed E-state index contributed by atoms with van der Waals surface area (Å²) in [4.78, 5) is 15.0. The Kier molecular flexibility index (Phi) is 5.38. The lowest BCUT2D eigenvalue weighted by atomic mass is 10.0. The fourth-order valence-corrected chi connectivity index (χ4v) is 4.55. The molecule has 3 unspecified atom stereocenters. The highest BCUT2D eigenvalue weighted by Crippen LogP contribution is 2.53. The first-order chi connectivity index (χ1) is 14.3. The standard InChI is InChI=1S/C23H24F3NO3/c1-29-14-9-10-16(21(12-14)30-2)20-8-5-11-27(20)22(28)18-13-17(18)15-6-3-4-7-19(15)23(24,25)26/h3-4,6-7,9-10,12,17-18,20H,5,8,11,13H2,1-2H3. The second kappa shape index (κ2) is 7.85. The Morgan fingerprint density at radius 3 is 2.53 bits per heavy atom. The van der Waals surface area contributed by atoms with Crippen LogP contribution in [-0.2, 0) is 11.0 Å². The number of hydrogen-bond donors (Lipinski definition) is 0. The molecule has 0 bridgehead atoms. The number of rotatable bonds is 5. The molecule has 0 radical (unpaired) electrons. The lowest BCUT2D eigenvalue weighted by molar-refractivity contribution is -0.139. The maximum Gasteiger partial charge on any atom is 0.416 e. The Hall–Kier alpha value is -2.70. The van der Waals surface area contributed by atoms with Crippen LogP contribution in [-0.4, -0.2) is 31.6 Å². The second-order valence-corrected chi connectivity index (χ2v) is 7.83. The number of likely N-dealkylation sites (tertiary alicyclic amines) is 1. The normalized spacial score (nSPS) is 23.4. The SMILES string of the molecule is COc1ccc(C2CCCN2C(=O)C2CC2c2ccccc2C(F)(F)F)c(OC)c1. The van der Waals surface area contributed by atoms with Crippen LogP contribution in [0.25, 0.3) is 0 Å². The van der Waals surface area contributed by atoms with Gasteiger partial charge in [-0.2, -0.15) is 13.2 Å². The molecule has 3 atom stereocenters. The zero-order valence-electron chi connectivity index (χ0n) is 16.9. The van der Waals surface area contributed by atoms with Crippen molar-refractivity contribution in [1.29, 1.82) is 0 Å². The molecule has 0 N–H and O–H groups in total. The number of halogens is 3. The van der Waals surface area contributed by atoms with Crippen LogP contribution in [0.1, 0.15) is 47.9 Å². The van der Waals surface area contributed by atoms with E-state index in [1.165, 1.54) is 12.1 Å². The van der Waals surface area contributed by atoms with Crippen molar-refractivity contribution in [2.24, 2.45) is 5.92 Å². The molecule has 1 heterocycles. The molecule has 1 saturated heterocycles. The zero-order valence-corrected chi connectivity index (χ0v) is 16.9. The van der Waals surface area contributed by atoms with E-state index in [1.54, 1.807) is 26.4 Å². The molecule has 4 nitrogen and oxygen atoms in total. The second-order valence-electron chi connectivity index (χ2n) is 7.83. The highest BCUT2D eigenvalue weighted by Gasteiger charge is 2.50. The van der Waals surface area contributed by atoms with E-state index in [1.807, 2.05) is 17.0 Å². The largest absolute Gasteiger partial charge is 0.497 e. The molecule has 2 fully saturated rings. The maximum atomic E-state index is 13.4. The lowest BCUT2D eigenvalue weighted by Gasteiger charge is -2.27. The van der Waals surface area contributed by atoms with Gasteiger partial charge in [-0.15, -0.1) is 0 Å². The first-order valence-corrected chi connectivity index (χ1v) is 10.0. The molecule has 30 heavy (non-hydrogen) atoms. The van der Waals surface area contributed by atoms with Crippen molar-refractivity contribution in [2.45, 2.75) is 37.4 Å². The highest BCUT2D eigenvalue weighted by molar-refractivity contribution is 5.84. The number of ether oxygens (including phenoxy) is 2. The van der Waals surface area contributed by atoms with Crippen LogP contribution in [0.5, 0.6) is 11.5 Å². The van der Waals surface area contributed by atoms with Gasteiger partial charge in [-0.05, 0) is 48.9 Å². The number of nitrogens with zero attached hydrogens (tertiary/aromatic N) is 1. The number of methoxy groups -OCH3 is 2. The minimum atomic E-state index is -4.42. The molecule has 4 rings (SSSR count). The van der Waals surface area contributed by atoms with E-state index >= 15 is 0 Å². The molecule has 7 heteroatoms. The topological polar surface area (TPSA) is 38.8 Å². The predicted molar refractivity (Wildman–Crippen MR) is 106 cm³/mol. The molecule has 1 amide bonds. The summed E-state index contributed by atoms with van der Waals surface area (Å²) in [6, 6.07) is 11.0. The molecular formula is C23H24F3NO3. The van der Waals surface area contributed by atoms with Gasteiger partial charge in [0, 0.05) is 24.1 Å². The van der Waals surface area contributed by atoms with E-state index in [2.05, 4.69) is 0 Å². The fraction of sp³-hybridized carbons (Fsp3) is 0.435. The van der Waals surface area contributed by atoms with E-state index in [4.69, 9.17) is 9.47 Å². The van der Waals surface area contributed by atoms with Gasteiger partial charge < -0.3 is 14.4 Å². The van der Waals surface area contributed by atoms with Crippen molar-refractivity contribution in [3.8, 4) is 11.5 Å². The molecule has 2 aliphatic rings. The number of amides is 1. The summed E-state index contributed by atoms with van der Waals surface area (Å²) < 4.78 is 50.9. The molecule has 1 saturated carbocycles. The Labute approximate surface area is 173 Å². The van der Waals surface area contributed by atoms with Crippen LogP contribution in [0, 0.1) is 5.92 Å². The van der Waals surface area contributed by atoms with Gasteiger partial charge >= 0.3 is 6.18 Å². The van der Waals surface area contributed by atoms with Crippen molar-refractivity contribution < 1.29 is 27.4 Å². The van der Waals surface area contributed by atoms with Gasteiger partial charge in [0.1, 0.15) is 11.5 Å². The predicted octanol–water partition coefficient (Wildman–Crippen LogP) is 5.19. The summed E-state index contributed by atoms with van der Waals surface area (Å²) in [7, 11) is 3.15. The Balaban J connectivity index is 1.56. The first kappa shape index (κ1) is 20.6. The molecule has 2 aromatic carbocycles. The third-order valence-electron chi connectivity index (χ3n) is 6.11. The zero-order chi connectivity index (χ0) is 21.5. The molecule has 1 aliphatic heterocycles. The summed E-state index contributed by atoms with van der Waals surface area (Å²) in [6.07, 6.45) is -2.32. The Morgan fingerprint density at radius 1 is 1.07 bits per heavy atom. The smallest absolute Gasteiger partial charge is 0.416 e. The third-order valence-corrected chi connectivity index (χ3v) is 6.11. The molecule has 2 aromatic rings. The van der Waals surface area contributed by atoms with Crippen molar-refractivity contribution >= 4 is 5.91 Å². The summed E-state index contributed by atoms with van der Waals surface area (Å²) >= 11 is 0. The fourth-order valence-electron chi connectivity index (χ4n) is 4.55. The van der Waals surface area contributed by atoms with Crippen molar-refractivity contribution in [2.75, 3.05) is 20.8 Å². The van der Waals surface area contributed by atoms with Gasteiger partial charge in [-0.25, -0.2) is 0 Å². The van der Waals surface area contributed by atoms with Crippen LogP contribution in [0.2, 0.25) is 0 Å². The first-order valence-electron chi connectivity index (χ1n) is 10.0. The van der Waals surface area contributed by atoms with Crippen molar-refractivity contribution in [3.05, 3.63) is 59.2 Å². The van der Waals surface area contributed by atoms with Crippen LogP contribution < -0.4 is 9.47 Å². The van der Waals surface area contributed by atoms with Gasteiger partial charge in [0.05, 0.1) is 25.8 Å². The van der Waals surface area contributed by atoms with Gasteiger partial charge in [-0.3, -0.25) is 4.79 Å². The summed E-state index contributed by atoms with van der Waals surface area (Å²) in [5.74, 6) is 0.455. The number of hydrogen-bond acceptors (Lipinski definition) is 3. The average Bonchev–Trinajstić information content (AvgIpc) is 3.40. The summed E-state index contributed by atoms with van der Waals surface area (Å²) in [5.41, 5.74) is 0.485. The van der Waals surface area contributed by atoms with E-state index in [0.717, 1.165) is 24.5 Å². The van der Waals surface area contributed by atoms with E-state index in [9.17, 15) is 18.0 Å². The average molecular weight is 419 g/mol. The Bertz CT molecular complexity index is 944. The van der Waals surface area contributed by atoms with Gasteiger partial charge in [0.2, 0.25) is 5.91 Å². The molecule has 1 aliphatic carbocycles. The summed E-state index contributed by atoms with van der Waals surface area (Å²) in [5, 5.41) is 0. The highest BCUT2D eigenvalue weighted by atomic mass is 19.4. The van der Waals surface area contributed by atoms with Crippen LogP contribution in [0.4, 0.5) is 13.2 Å². The number of benzene rings is 2. The molecule has 160 valence electrons. The quantitative estimate of drug-likeness (QED) is 0.670. The monoisotopic (exact) mass is 419 g/mol. The third kappa shape index (κ3) is 3.73. The van der Waals surface area contributed by atoms with E-state index in [-0.39, 0.29) is 23.4 Å². The van der Waals surface area contributed by atoms with Crippen molar-refractivity contribution in [1.82, 2.24) is 4.90 Å². The lowest BCUT2D eigenvalue weighted by Crippen LogP contribution is -2.32. The Morgan fingerprint density at radius 2 is 1.83 bits per heavy atom. The van der Waals surface area contributed by atoms with Crippen LogP contribution in [0.3, 0.4) is 0 Å².